The molecule has 0 aliphatic rings. The van der Waals surface area contributed by atoms with E-state index in [1.165, 1.54) is 6.20 Å². The minimum absolute atomic E-state index is 0.160. The summed E-state index contributed by atoms with van der Waals surface area (Å²) in [7, 11) is 0. The average molecular weight is 349 g/mol. The largest absolute Gasteiger partial charge is 0.494 e. The Labute approximate surface area is 149 Å². The van der Waals surface area contributed by atoms with Crippen LogP contribution in [-0.2, 0) is 19.1 Å². The Kier molecular flexibility index (Phi) is 9.82. The van der Waals surface area contributed by atoms with Gasteiger partial charge in [0, 0.05) is 11.9 Å². The third-order valence-electron chi connectivity index (χ3n) is 3.24. The Balaban J connectivity index is 2.75. The maximum atomic E-state index is 12.1. The first-order valence-corrected chi connectivity index (χ1v) is 8.66. The van der Waals surface area contributed by atoms with Crippen LogP contribution in [0.3, 0.4) is 0 Å². The molecule has 0 radical (unpaired) electrons. The van der Waals surface area contributed by atoms with Gasteiger partial charge in [-0.25, -0.2) is 9.59 Å². The van der Waals surface area contributed by atoms with E-state index in [0.717, 1.165) is 25.0 Å². The molecule has 25 heavy (non-hydrogen) atoms. The smallest absolute Gasteiger partial charge is 0.347 e. The predicted octanol–water partition coefficient (Wildman–Crippen LogP) is 3.68. The SMILES string of the molecule is CCCCCOC(=O)C(=CNc1ccc(OCC)cc1)C(=O)OCC. The second-order valence-corrected chi connectivity index (χ2v) is 5.22. The summed E-state index contributed by atoms with van der Waals surface area (Å²) in [6.07, 6.45) is 4.08. The molecule has 0 bridgehead atoms. The minimum atomic E-state index is -0.707. The Hall–Kier alpha value is -2.50. The highest BCUT2D eigenvalue weighted by Gasteiger charge is 2.21. The van der Waals surface area contributed by atoms with Crippen molar-refractivity contribution < 1.29 is 23.8 Å². The summed E-state index contributed by atoms with van der Waals surface area (Å²) in [5.74, 6) is -0.646. The zero-order valence-corrected chi connectivity index (χ0v) is 15.2. The molecule has 0 aromatic heterocycles. The van der Waals surface area contributed by atoms with Crippen LogP contribution >= 0.6 is 0 Å². The summed E-state index contributed by atoms with van der Waals surface area (Å²) in [6.45, 7) is 6.71. The van der Waals surface area contributed by atoms with E-state index in [9.17, 15) is 9.59 Å². The van der Waals surface area contributed by atoms with E-state index in [0.29, 0.717) is 12.3 Å². The van der Waals surface area contributed by atoms with E-state index in [1.54, 1.807) is 31.2 Å². The number of hydrogen-bond donors (Lipinski definition) is 1. The first kappa shape index (κ1) is 20.5. The van der Waals surface area contributed by atoms with Crippen LogP contribution in [-0.4, -0.2) is 31.8 Å². The quantitative estimate of drug-likeness (QED) is 0.216. The van der Waals surface area contributed by atoms with Crippen molar-refractivity contribution >= 4 is 17.6 Å². The highest BCUT2D eigenvalue weighted by Crippen LogP contribution is 2.16. The van der Waals surface area contributed by atoms with Crippen molar-refractivity contribution in [3.63, 3.8) is 0 Å². The van der Waals surface area contributed by atoms with Gasteiger partial charge in [-0.15, -0.1) is 0 Å². The van der Waals surface area contributed by atoms with Crippen molar-refractivity contribution in [3.05, 3.63) is 36.0 Å². The van der Waals surface area contributed by atoms with Gasteiger partial charge in [-0.2, -0.15) is 0 Å². The van der Waals surface area contributed by atoms with Crippen LogP contribution in [0.25, 0.3) is 0 Å². The molecule has 138 valence electrons. The van der Waals surface area contributed by atoms with E-state index in [2.05, 4.69) is 12.2 Å². The van der Waals surface area contributed by atoms with Crippen LogP contribution in [0.4, 0.5) is 5.69 Å². The molecule has 1 aromatic carbocycles. The number of nitrogens with one attached hydrogen (secondary N) is 1. The molecule has 1 N–H and O–H groups in total. The Morgan fingerprint density at radius 2 is 1.64 bits per heavy atom. The lowest BCUT2D eigenvalue weighted by Crippen LogP contribution is -2.20. The summed E-state index contributed by atoms with van der Waals surface area (Å²) in [5, 5.41) is 2.92. The van der Waals surface area contributed by atoms with Gasteiger partial charge in [0.05, 0.1) is 19.8 Å². The van der Waals surface area contributed by atoms with Gasteiger partial charge in [0.2, 0.25) is 0 Å². The number of rotatable bonds is 11. The summed E-state index contributed by atoms with van der Waals surface area (Å²) < 4.78 is 15.4. The van der Waals surface area contributed by atoms with Crippen molar-refractivity contribution in [1.29, 1.82) is 0 Å². The molecule has 0 aliphatic heterocycles. The first-order chi connectivity index (χ1) is 12.1. The summed E-state index contributed by atoms with van der Waals surface area (Å²) in [4.78, 5) is 24.1. The predicted molar refractivity (Wildman–Crippen MR) is 96.4 cm³/mol. The van der Waals surface area contributed by atoms with Gasteiger partial charge >= 0.3 is 11.9 Å². The number of esters is 2. The van der Waals surface area contributed by atoms with Crippen molar-refractivity contribution in [2.75, 3.05) is 25.1 Å². The van der Waals surface area contributed by atoms with Gasteiger partial charge < -0.3 is 19.5 Å². The Morgan fingerprint density at radius 3 is 2.24 bits per heavy atom. The maximum absolute atomic E-state index is 12.1. The summed E-state index contributed by atoms with van der Waals surface area (Å²) in [5.41, 5.74) is 0.552. The fourth-order valence-corrected chi connectivity index (χ4v) is 1.97. The second kappa shape index (κ2) is 11.9. The topological polar surface area (TPSA) is 73.9 Å². The van der Waals surface area contributed by atoms with Gasteiger partial charge in [0.1, 0.15) is 5.75 Å². The van der Waals surface area contributed by atoms with Gasteiger partial charge in [-0.05, 0) is 44.5 Å². The van der Waals surface area contributed by atoms with Crippen molar-refractivity contribution in [1.82, 2.24) is 0 Å². The van der Waals surface area contributed by atoms with Crippen LogP contribution in [0.5, 0.6) is 5.75 Å². The lowest BCUT2D eigenvalue weighted by Gasteiger charge is -2.09. The molecular weight excluding hydrogens is 322 g/mol. The van der Waals surface area contributed by atoms with Gasteiger partial charge in [0.25, 0.3) is 0 Å². The average Bonchev–Trinajstić information content (AvgIpc) is 2.61. The number of carbonyl (C=O) groups is 2. The zero-order valence-electron chi connectivity index (χ0n) is 15.2. The lowest BCUT2D eigenvalue weighted by molar-refractivity contribution is -0.146. The van der Waals surface area contributed by atoms with E-state index in [1.807, 2.05) is 6.92 Å². The fraction of sp³-hybridized carbons (Fsp3) is 0.474. The van der Waals surface area contributed by atoms with Gasteiger partial charge in [0.15, 0.2) is 5.57 Å². The normalized spacial score (nSPS) is 10.9. The molecule has 0 unspecified atom stereocenters. The number of hydrogen-bond acceptors (Lipinski definition) is 6. The molecule has 1 rings (SSSR count). The first-order valence-electron chi connectivity index (χ1n) is 8.66. The second-order valence-electron chi connectivity index (χ2n) is 5.22. The molecule has 0 atom stereocenters. The fourth-order valence-electron chi connectivity index (χ4n) is 1.97. The number of unbranched alkanes of at least 4 members (excludes halogenated alkanes) is 2. The molecule has 0 heterocycles. The summed E-state index contributed by atoms with van der Waals surface area (Å²) >= 11 is 0. The highest BCUT2D eigenvalue weighted by atomic mass is 16.6. The maximum Gasteiger partial charge on any atom is 0.347 e. The number of anilines is 1. The number of ether oxygens (including phenoxy) is 3. The van der Waals surface area contributed by atoms with Crippen LogP contribution in [0.15, 0.2) is 36.0 Å². The van der Waals surface area contributed by atoms with E-state index in [4.69, 9.17) is 14.2 Å². The minimum Gasteiger partial charge on any atom is -0.494 e. The van der Waals surface area contributed by atoms with Crippen LogP contribution in [0, 0.1) is 0 Å². The van der Waals surface area contributed by atoms with Gasteiger partial charge in [-0.1, -0.05) is 19.8 Å². The van der Waals surface area contributed by atoms with E-state index >= 15 is 0 Å². The van der Waals surface area contributed by atoms with Crippen molar-refractivity contribution in [2.45, 2.75) is 40.0 Å². The molecule has 0 fully saturated rings. The Morgan fingerprint density at radius 1 is 0.960 bits per heavy atom. The monoisotopic (exact) mass is 349 g/mol. The summed E-state index contributed by atoms with van der Waals surface area (Å²) in [6, 6.07) is 7.17. The molecule has 0 spiro atoms. The molecule has 1 aromatic rings. The molecule has 6 nitrogen and oxygen atoms in total. The van der Waals surface area contributed by atoms with Gasteiger partial charge in [-0.3, -0.25) is 0 Å². The standard InChI is InChI=1S/C19H27NO5/c1-4-7-8-13-25-19(22)17(18(21)24-6-3)14-20-15-9-11-16(12-10-15)23-5-2/h9-12,14,20H,4-8,13H2,1-3H3. The van der Waals surface area contributed by atoms with Crippen LogP contribution < -0.4 is 10.1 Å². The third-order valence-corrected chi connectivity index (χ3v) is 3.24. The highest BCUT2D eigenvalue weighted by molar-refractivity contribution is 6.14. The van der Waals surface area contributed by atoms with E-state index in [-0.39, 0.29) is 18.8 Å². The Bertz CT molecular complexity index is 566. The number of benzene rings is 1. The van der Waals surface area contributed by atoms with E-state index < -0.39 is 11.9 Å². The van der Waals surface area contributed by atoms with Crippen molar-refractivity contribution in [2.24, 2.45) is 0 Å². The van der Waals surface area contributed by atoms with Crippen LogP contribution in [0.1, 0.15) is 40.0 Å². The molecular formula is C19H27NO5. The molecule has 0 amide bonds. The molecule has 0 aliphatic carbocycles. The molecule has 6 heteroatoms. The third kappa shape index (κ3) is 7.74. The lowest BCUT2D eigenvalue weighted by atomic mass is 10.2. The zero-order chi connectivity index (χ0) is 18.5. The van der Waals surface area contributed by atoms with Crippen LogP contribution in [0.2, 0.25) is 0 Å². The molecule has 0 saturated carbocycles. The molecule has 0 saturated heterocycles. The number of carbonyl (C=O) groups excluding carboxylic acids is 2. The van der Waals surface area contributed by atoms with Crippen molar-refractivity contribution in [3.8, 4) is 5.75 Å².